The summed E-state index contributed by atoms with van der Waals surface area (Å²) in [6.45, 7) is 2.15. The third-order valence-corrected chi connectivity index (χ3v) is 4.68. The lowest BCUT2D eigenvalue weighted by Gasteiger charge is -2.09. The van der Waals surface area contributed by atoms with Crippen molar-refractivity contribution in [2.45, 2.75) is 19.3 Å². The molecule has 0 aliphatic rings. The molecule has 0 fully saturated rings. The number of benzene rings is 2. The van der Waals surface area contributed by atoms with E-state index in [-0.39, 0.29) is 5.91 Å². The van der Waals surface area contributed by atoms with Crippen LogP contribution in [0.2, 0.25) is 0 Å². The number of aromatic nitrogens is 1. The molecular weight excluding hydrogens is 338 g/mol. The second-order valence-electron chi connectivity index (χ2n) is 6.52. The lowest BCUT2D eigenvalue weighted by atomic mass is 10.1. The normalized spacial score (nSPS) is 10.9. The highest BCUT2D eigenvalue weighted by Crippen LogP contribution is 2.18. The van der Waals surface area contributed by atoms with Crippen LogP contribution < -0.4 is 15.4 Å². The van der Waals surface area contributed by atoms with Crippen LogP contribution in [-0.2, 0) is 17.6 Å². The van der Waals surface area contributed by atoms with Crippen molar-refractivity contribution in [2.75, 3.05) is 26.7 Å². The first kappa shape index (κ1) is 19.0. The third-order valence-electron chi connectivity index (χ3n) is 4.68. The number of H-pyrrole nitrogens is 1. The van der Waals surface area contributed by atoms with Gasteiger partial charge < -0.3 is 20.4 Å². The van der Waals surface area contributed by atoms with E-state index in [0.717, 1.165) is 30.7 Å². The zero-order valence-electron chi connectivity index (χ0n) is 15.8. The summed E-state index contributed by atoms with van der Waals surface area (Å²) in [5.41, 5.74) is 3.55. The zero-order chi connectivity index (χ0) is 18.9. The fourth-order valence-electron chi connectivity index (χ4n) is 3.22. The van der Waals surface area contributed by atoms with Crippen LogP contribution in [0.25, 0.3) is 10.9 Å². The number of amides is 1. The molecule has 0 unspecified atom stereocenters. The molecule has 0 aliphatic heterocycles. The number of aromatic amines is 1. The van der Waals surface area contributed by atoms with Crippen molar-refractivity contribution in [3.05, 3.63) is 65.9 Å². The Balaban J connectivity index is 1.31. The fourth-order valence-corrected chi connectivity index (χ4v) is 3.22. The lowest BCUT2D eigenvalue weighted by Crippen LogP contribution is -2.29. The number of para-hydroxylation sites is 2. The van der Waals surface area contributed by atoms with E-state index in [1.165, 1.54) is 16.5 Å². The van der Waals surface area contributed by atoms with Gasteiger partial charge in [-0.2, -0.15) is 0 Å². The Morgan fingerprint density at radius 2 is 1.74 bits per heavy atom. The molecule has 0 saturated heterocycles. The van der Waals surface area contributed by atoms with Gasteiger partial charge in [0.1, 0.15) is 5.75 Å². The van der Waals surface area contributed by atoms with E-state index >= 15 is 0 Å². The molecule has 0 saturated carbocycles. The zero-order valence-corrected chi connectivity index (χ0v) is 15.8. The number of rotatable bonds is 10. The number of fused-ring (bicyclic) bond motifs is 1. The average molecular weight is 365 g/mol. The van der Waals surface area contributed by atoms with Gasteiger partial charge in [-0.15, -0.1) is 0 Å². The minimum absolute atomic E-state index is 0.0830. The van der Waals surface area contributed by atoms with E-state index in [4.69, 9.17) is 4.74 Å². The first-order chi connectivity index (χ1) is 13.3. The van der Waals surface area contributed by atoms with Crippen LogP contribution in [-0.4, -0.2) is 37.6 Å². The molecule has 1 aromatic heterocycles. The molecule has 0 atom stereocenters. The van der Waals surface area contributed by atoms with Crippen molar-refractivity contribution in [2.24, 2.45) is 0 Å². The SMILES string of the molecule is COc1ccccc1CCNCCC(=O)NCCc1c[nH]c2ccccc12. The smallest absolute Gasteiger partial charge is 0.221 e. The molecule has 2 aromatic carbocycles. The number of hydrogen-bond acceptors (Lipinski definition) is 3. The molecule has 5 heteroatoms. The number of hydrogen-bond donors (Lipinski definition) is 3. The summed E-state index contributed by atoms with van der Waals surface area (Å²) in [4.78, 5) is 15.3. The van der Waals surface area contributed by atoms with Crippen molar-refractivity contribution in [3.8, 4) is 5.75 Å². The van der Waals surface area contributed by atoms with Gasteiger partial charge in [-0.3, -0.25) is 4.79 Å². The molecule has 27 heavy (non-hydrogen) atoms. The maximum absolute atomic E-state index is 12.0. The predicted molar refractivity (Wildman–Crippen MR) is 109 cm³/mol. The van der Waals surface area contributed by atoms with Crippen molar-refractivity contribution < 1.29 is 9.53 Å². The van der Waals surface area contributed by atoms with Gasteiger partial charge in [0.05, 0.1) is 7.11 Å². The molecule has 3 aromatic rings. The maximum atomic E-state index is 12.0. The molecule has 3 N–H and O–H groups in total. The van der Waals surface area contributed by atoms with Crippen molar-refractivity contribution in [1.82, 2.24) is 15.6 Å². The summed E-state index contributed by atoms with van der Waals surface area (Å²) in [7, 11) is 1.69. The van der Waals surface area contributed by atoms with E-state index in [9.17, 15) is 4.79 Å². The Morgan fingerprint density at radius 1 is 0.963 bits per heavy atom. The minimum atomic E-state index is 0.0830. The van der Waals surface area contributed by atoms with E-state index in [0.29, 0.717) is 19.5 Å². The summed E-state index contributed by atoms with van der Waals surface area (Å²) >= 11 is 0. The third kappa shape index (κ3) is 5.34. The molecule has 142 valence electrons. The minimum Gasteiger partial charge on any atom is -0.496 e. The first-order valence-electron chi connectivity index (χ1n) is 9.42. The number of methoxy groups -OCH3 is 1. The Labute approximate surface area is 160 Å². The number of nitrogens with one attached hydrogen (secondary N) is 3. The van der Waals surface area contributed by atoms with Crippen LogP contribution in [0.5, 0.6) is 5.75 Å². The van der Waals surface area contributed by atoms with Gasteiger partial charge in [0.2, 0.25) is 5.91 Å². The van der Waals surface area contributed by atoms with Crippen LogP contribution in [0.15, 0.2) is 54.7 Å². The monoisotopic (exact) mass is 365 g/mol. The lowest BCUT2D eigenvalue weighted by molar-refractivity contribution is -0.120. The highest BCUT2D eigenvalue weighted by atomic mass is 16.5. The molecular formula is C22H27N3O2. The van der Waals surface area contributed by atoms with E-state index in [1.54, 1.807) is 7.11 Å². The molecule has 0 aliphatic carbocycles. The Kier molecular flexibility index (Phi) is 6.88. The number of carbonyl (C=O) groups excluding carboxylic acids is 1. The molecule has 1 heterocycles. The van der Waals surface area contributed by atoms with E-state index < -0.39 is 0 Å². The molecule has 5 nitrogen and oxygen atoms in total. The molecule has 1 amide bonds. The van der Waals surface area contributed by atoms with Gasteiger partial charge in [-0.05, 0) is 42.6 Å². The van der Waals surface area contributed by atoms with Gasteiger partial charge >= 0.3 is 0 Å². The quantitative estimate of drug-likeness (QED) is 0.484. The van der Waals surface area contributed by atoms with Crippen LogP contribution >= 0.6 is 0 Å². The Morgan fingerprint density at radius 3 is 2.63 bits per heavy atom. The second kappa shape index (κ2) is 9.78. The Bertz CT molecular complexity index is 873. The van der Waals surface area contributed by atoms with Crippen molar-refractivity contribution in [1.29, 1.82) is 0 Å². The second-order valence-corrected chi connectivity index (χ2v) is 6.52. The van der Waals surface area contributed by atoms with Crippen LogP contribution in [0.1, 0.15) is 17.5 Å². The van der Waals surface area contributed by atoms with Crippen molar-refractivity contribution in [3.63, 3.8) is 0 Å². The standard InChI is InChI=1S/C22H27N3O2/c1-27-21-9-5-2-6-17(21)10-13-23-14-12-22(26)24-15-11-18-16-25-20-8-4-3-7-19(18)20/h2-9,16,23,25H,10-15H2,1H3,(H,24,26). The van der Waals surface area contributed by atoms with Crippen molar-refractivity contribution >= 4 is 16.8 Å². The summed E-state index contributed by atoms with van der Waals surface area (Å²) in [6, 6.07) is 16.2. The first-order valence-corrected chi connectivity index (χ1v) is 9.42. The molecule has 0 bridgehead atoms. The number of carbonyl (C=O) groups is 1. The summed E-state index contributed by atoms with van der Waals surface area (Å²) < 4.78 is 5.35. The molecule has 0 radical (unpaired) electrons. The highest BCUT2D eigenvalue weighted by molar-refractivity contribution is 5.83. The van der Waals surface area contributed by atoms with Crippen LogP contribution in [0.3, 0.4) is 0 Å². The maximum Gasteiger partial charge on any atom is 0.221 e. The van der Waals surface area contributed by atoms with Gasteiger partial charge in [0, 0.05) is 36.6 Å². The van der Waals surface area contributed by atoms with Gasteiger partial charge in [-0.25, -0.2) is 0 Å². The number of ether oxygens (including phenoxy) is 1. The predicted octanol–water partition coefficient (Wildman–Crippen LogP) is 3.06. The summed E-state index contributed by atoms with van der Waals surface area (Å²) in [5.74, 6) is 0.994. The van der Waals surface area contributed by atoms with E-state index in [1.807, 2.05) is 36.5 Å². The largest absolute Gasteiger partial charge is 0.496 e. The Hall–Kier alpha value is -2.79. The van der Waals surface area contributed by atoms with Crippen LogP contribution in [0.4, 0.5) is 0 Å². The van der Waals surface area contributed by atoms with Gasteiger partial charge in [0.15, 0.2) is 0 Å². The fraction of sp³-hybridized carbons (Fsp3) is 0.318. The highest BCUT2D eigenvalue weighted by Gasteiger charge is 2.05. The van der Waals surface area contributed by atoms with Gasteiger partial charge in [0.25, 0.3) is 0 Å². The topological polar surface area (TPSA) is 66.2 Å². The molecule has 3 rings (SSSR count). The molecule has 0 spiro atoms. The average Bonchev–Trinajstić information content (AvgIpc) is 3.11. The van der Waals surface area contributed by atoms with E-state index in [2.05, 4.69) is 33.8 Å². The summed E-state index contributed by atoms with van der Waals surface area (Å²) in [5, 5.41) is 7.55. The van der Waals surface area contributed by atoms with Crippen LogP contribution in [0, 0.1) is 0 Å². The van der Waals surface area contributed by atoms with Gasteiger partial charge in [-0.1, -0.05) is 36.4 Å². The summed E-state index contributed by atoms with van der Waals surface area (Å²) in [6.07, 6.45) is 4.22.